The summed E-state index contributed by atoms with van der Waals surface area (Å²) in [5.41, 5.74) is 6.93. The third-order valence-corrected chi connectivity index (χ3v) is 2.75. The van der Waals surface area contributed by atoms with E-state index in [2.05, 4.69) is 43.9 Å². The molecule has 2 N–H and O–H groups in total. The van der Waals surface area contributed by atoms with Crippen LogP contribution >= 0.6 is 0 Å². The maximum Gasteiger partial charge on any atom is 0.0581 e. The van der Waals surface area contributed by atoms with Crippen LogP contribution in [0.4, 0.5) is 0 Å². The molecule has 3 nitrogen and oxygen atoms in total. The normalized spacial score (nSPS) is 14.3. The molecule has 1 aromatic heterocycles. The lowest BCUT2D eigenvalue weighted by Crippen LogP contribution is -2.39. The molecule has 15 heavy (non-hydrogen) atoms. The van der Waals surface area contributed by atoms with E-state index in [-0.39, 0.29) is 11.5 Å². The molecule has 0 fully saturated rings. The molecule has 0 aliphatic carbocycles. The minimum Gasteiger partial charge on any atom is -0.330 e. The first kappa shape index (κ1) is 12.1. The molecule has 0 bridgehead atoms. The predicted octanol–water partition coefficient (Wildman–Crippen LogP) is 1.67. The highest BCUT2D eigenvalue weighted by Crippen LogP contribution is 2.34. The molecule has 0 spiro atoms. The number of rotatable bonds is 4. The van der Waals surface area contributed by atoms with Gasteiger partial charge in [0.05, 0.1) is 11.7 Å². The van der Waals surface area contributed by atoms with Gasteiger partial charge in [-0.3, -0.25) is 4.98 Å². The van der Waals surface area contributed by atoms with Crippen molar-refractivity contribution in [3.63, 3.8) is 0 Å². The number of pyridine rings is 1. The molecule has 0 radical (unpaired) electrons. The SMILES string of the molecule is CN(C)C(c1ccccn1)C(C)(C)CN. The summed E-state index contributed by atoms with van der Waals surface area (Å²) in [5.74, 6) is 0. The van der Waals surface area contributed by atoms with Gasteiger partial charge in [0.15, 0.2) is 0 Å². The van der Waals surface area contributed by atoms with Crippen molar-refractivity contribution in [1.29, 1.82) is 0 Å². The second kappa shape index (κ2) is 4.73. The zero-order valence-electron chi connectivity index (χ0n) is 10.1. The summed E-state index contributed by atoms with van der Waals surface area (Å²) >= 11 is 0. The average molecular weight is 207 g/mol. The molecular formula is C12H21N3. The maximum atomic E-state index is 5.83. The van der Waals surface area contributed by atoms with Crippen molar-refractivity contribution in [2.24, 2.45) is 11.1 Å². The first-order valence-corrected chi connectivity index (χ1v) is 5.26. The van der Waals surface area contributed by atoms with Crippen molar-refractivity contribution in [3.8, 4) is 0 Å². The number of aromatic nitrogens is 1. The third-order valence-electron chi connectivity index (χ3n) is 2.75. The van der Waals surface area contributed by atoms with E-state index >= 15 is 0 Å². The van der Waals surface area contributed by atoms with Crippen molar-refractivity contribution in [2.45, 2.75) is 19.9 Å². The summed E-state index contributed by atoms with van der Waals surface area (Å²) in [4.78, 5) is 6.59. The monoisotopic (exact) mass is 207 g/mol. The Labute approximate surface area is 92.3 Å². The summed E-state index contributed by atoms with van der Waals surface area (Å²) in [6.45, 7) is 4.99. The lowest BCUT2D eigenvalue weighted by molar-refractivity contribution is 0.139. The number of nitrogens with two attached hydrogens (primary N) is 1. The highest BCUT2D eigenvalue weighted by atomic mass is 15.1. The lowest BCUT2D eigenvalue weighted by Gasteiger charge is -2.37. The van der Waals surface area contributed by atoms with E-state index in [4.69, 9.17) is 5.73 Å². The summed E-state index contributed by atoms with van der Waals surface area (Å²) in [6, 6.07) is 6.27. The van der Waals surface area contributed by atoms with E-state index in [0.717, 1.165) is 5.69 Å². The van der Waals surface area contributed by atoms with Crippen LogP contribution < -0.4 is 5.73 Å². The van der Waals surface area contributed by atoms with Crippen molar-refractivity contribution >= 4 is 0 Å². The largest absolute Gasteiger partial charge is 0.330 e. The number of hydrogen-bond donors (Lipinski definition) is 1. The Morgan fingerprint density at radius 1 is 1.40 bits per heavy atom. The minimum absolute atomic E-state index is 0.0256. The van der Waals surface area contributed by atoms with E-state index in [1.165, 1.54) is 0 Å². The first-order valence-electron chi connectivity index (χ1n) is 5.26. The smallest absolute Gasteiger partial charge is 0.0581 e. The van der Waals surface area contributed by atoms with Gasteiger partial charge in [-0.25, -0.2) is 0 Å². The zero-order chi connectivity index (χ0) is 11.5. The first-order chi connectivity index (χ1) is 6.99. The van der Waals surface area contributed by atoms with Gasteiger partial charge in [0.2, 0.25) is 0 Å². The van der Waals surface area contributed by atoms with Crippen molar-refractivity contribution < 1.29 is 0 Å². The van der Waals surface area contributed by atoms with Gasteiger partial charge in [0.1, 0.15) is 0 Å². The summed E-state index contributed by atoms with van der Waals surface area (Å²) in [5, 5.41) is 0. The molecule has 1 atom stereocenters. The van der Waals surface area contributed by atoms with E-state index in [9.17, 15) is 0 Å². The molecule has 84 valence electrons. The summed E-state index contributed by atoms with van der Waals surface area (Å²) < 4.78 is 0. The van der Waals surface area contributed by atoms with Crippen LogP contribution in [0.2, 0.25) is 0 Å². The van der Waals surface area contributed by atoms with Crippen LogP contribution in [-0.2, 0) is 0 Å². The van der Waals surface area contributed by atoms with Crippen LogP contribution in [0.15, 0.2) is 24.4 Å². The highest BCUT2D eigenvalue weighted by molar-refractivity contribution is 5.12. The standard InChI is InChI=1S/C12H21N3/c1-12(2,9-13)11(15(3)4)10-7-5-6-8-14-10/h5-8,11H,9,13H2,1-4H3. The fourth-order valence-electron chi connectivity index (χ4n) is 2.01. The molecule has 0 aliphatic heterocycles. The molecule has 1 heterocycles. The second-order valence-corrected chi connectivity index (χ2v) is 4.81. The number of hydrogen-bond acceptors (Lipinski definition) is 3. The average Bonchev–Trinajstić information content (AvgIpc) is 2.18. The van der Waals surface area contributed by atoms with Crippen LogP contribution in [-0.4, -0.2) is 30.5 Å². The Kier molecular flexibility index (Phi) is 3.83. The van der Waals surface area contributed by atoms with Gasteiger partial charge in [-0.15, -0.1) is 0 Å². The Morgan fingerprint density at radius 2 is 2.07 bits per heavy atom. The van der Waals surface area contributed by atoms with E-state index < -0.39 is 0 Å². The fraction of sp³-hybridized carbons (Fsp3) is 0.583. The van der Waals surface area contributed by atoms with Crippen molar-refractivity contribution in [1.82, 2.24) is 9.88 Å². The zero-order valence-corrected chi connectivity index (χ0v) is 10.1. The lowest BCUT2D eigenvalue weighted by atomic mass is 9.81. The second-order valence-electron chi connectivity index (χ2n) is 4.81. The van der Waals surface area contributed by atoms with Crippen LogP contribution in [0.25, 0.3) is 0 Å². The molecule has 0 saturated heterocycles. The Hall–Kier alpha value is -0.930. The maximum absolute atomic E-state index is 5.83. The van der Waals surface area contributed by atoms with Crippen LogP contribution in [0.3, 0.4) is 0 Å². The van der Waals surface area contributed by atoms with Gasteiger partial charge >= 0.3 is 0 Å². The third kappa shape index (κ3) is 2.76. The van der Waals surface area contributed by atoms with Crippen molar-refractivity contribution in [2.75, 3.05) is 20.6 Å². The molecule has 1 unspecified atom stereocenters. The van der Waals surface area contributed by atoms with Gasteiger partial charge in [-0.1, -0.05) is 19.9 Å². The van der Waals surface area contributed by atoms with Gasteiger partial charge in [0, 0.05) is 6.20 Å². The van der Waals surface area contributed by atoms with Gasteiger partial charge in [-0.2, -0.15) is 0 Å². The fourth-order valence-corrected chi connectivity index (χ4v) is 2.01. The molecule has 0 amide bonds. The highest BCUT2D eigenvalue weighted by Gasteiger charge is 2.32. The molecular weight excluding hydrogens is 186 g/mol. The molecule has 0 aliphatic rings. The predicted molar refractivity (Wildman–Crippen MR) is 63.5 cm³/mol. The quantitative estimate of drug-likeness (QED) is 0.816. The molecule has 0 saturated carbocycles. The van der Waals surface area contributed by atoms with Gasteiger partial charge in [-0.05, 0) is 38.2 Å². The summed E-state index contributed by atoms with van der Waals surface area (Å²) in [7, 11) is 4.13. The van der Waals surface area contributed by atoms with E-state index in [0.29, 0.717) is 6.54 Å². The number of nitrogens with zero attached hydrogens (tertiary/aromatic N) is 2. The van der Waals surface area contributed by atoms with E-state index in [1.807, 2.05) is 18.3 Å². The molecule has 0 aromatic carbocycles. The Bertz CT molecular complexity index is 293. The molecule has 3 heteroatoms. The molecule has 1 rings (SSSR count). The summed E-state index contributed by atoms with van der Waals surface area (Å²) in [6.07, 6.45) is 1.83. The van der Waals surface area contributed by atoms with Crippen LogP contribution in [0.1, 0.15) is 25.6 Å². The topological polar surface area (TPSA) is 42.2 Å². The van der Waals surface area contributed by atoms with E-state index in [1.54, 1.807) is 0 Å². The minimum atomic E-state index is 0.0256. The van der Waals surface area contributed by atoms with Gasteiger partial charge in [0.25, 0.3) is 0 Å². The Balaban J connectivity index is 3.04. The van der Waals surface area contributed by atoms with Gasteiger partial charge < -0.3 is 10.6 Å². The van der Waals surface area contributed by atoms with Crippen LogP contribution in [0.5, 0.6) is 0 Å². The Morgan fingerprint density at radius 3 is 2.47 bits per heavy atom. The van der Waals surface area contributed by atoms with Crippen molar-refractivity contribution in [3.05, 3.63) is 30.1 Å². The van der Waals surface area contributed by atoms with Crippen LogP contribution in [0, 0.1) is 5.41 Å². The molecule has 1 aromatic rings.